The van der Waals surface area contributed by atoms with Gasteiger partial charge in [0.25, 0.3) is 11.5 Å². The van der Waals surface area contributed by atoms with Crippen LogP contribution < -0.4 is 16.2 Å². The van der Waals surface area contributed by atoms with E-state index in [0.29, 0.717) is 66.4 Å². The van der Waals surface area contributed by atoms with Gasteiger partial charge in [-0.05, 0) is 61.7 Å². The number of carbonyl (C=O) groups is 2. The molecule has 0 spiro atoms. The van der Waals surface area contributed by atoms with Gasteiger partial charge in [-0.3, -0.25) is 19.0 Å². The first-order chi connectivity index (χ1) is 18.5. The van der Waals surface area contributed by atoms with Crippen molar-refractivity contribution in [3.63, 3.8) is 0 Å². The number of nitrogens with one attached hydrogen (secondary N) is 2. The molecule has 11 heteroatoms. The van der Waals surface area contributed by atoms with Crippen molar-refractivity contribution < 1.29 is 22.8 Å². The van der Waals surface area contributed by atoms with E-state index < -0.39 is 17.8 Å². The minimum atomic E-state index is -4.41. The molecule has 1 atom stereocenters. The number of rotatable bonds is 5. The Kier molecular flexibility index (Phi) is 6.92. The largest absolute Gasteiger partial charge is 0.416 e. The lowest BCUT2D eigenvalue weighted by atomic mass is 9.99. The number of anilines is 2. The predicted molar refractivity (Wildman–Crippen MR) is 139 cm³/mol. The highest BCUT2D eigenvalue weighted by molar-refractivity contribution is 5.98. The van der Waals surface area contributed by atoms with Gasteiger partial charge in [-0.1, -0.05) is 12.1 Å². The van der Waals surface area contributed by atoms with Crippen molar-refractivity contribution in [2.75, 3.05) is 17.2 Å². The van der Waals surface area contributed by atoms with E-state index in [4.69, 9.17) is 4.98 Å². The number of aryl methyl sites for hydroxylation is 1. The van der Waals surface area contributed by atoms with Crippen molar-refractivity contribution in [2.24, 2.45) is 0 Å². The number of amides is 2. The van der Waals surface area contributed by atoms with Gasteiger partial charge in [-0.2, -0.15) is 13.2 Å². The number of benzene rings is 2. The van der Waals surface area contributed by atoms with Crippen molar-refractivity contribution >= 4 is 23.5 Å². The third-order valence-electron chi connectivity index (χ3n) is 7.25. The Morgan fingerprint density at radius 2 is 1.85 bits per heavy atom. The predicted octanol–water partition coefficient (Wildman–Crippen LogP) is 4.54. The summed E-state index contributed by atoms with van der Waals surface area (Å²) >= 11 is 0. The highest BCUT2D eigenvalue weighted by atomic mass is 19.4. The minimum absolute atomic E-state index is 0.0449. The molecule has 2 amide bonds. The summed E-state index contributed by atoms with van der Waals surface area (Å²) in [5.41, 5.74) is 2.82. The van der Waals surface area contributed by atoms with Crippen LogP contribution >= 0.6 is 0 Å². The van der Waals surface area contributed by atoms with Crippen LogP contribution in [0.4, 0.5) is 24.8 Å². The van der Waals surface area contributed by atoms with Gasteiger partial charge >= 0.3 is 6.18 Å². The Balaban J connectivity index is 1.35. The van der Waals surface area contributed by atoms with E-state index >= 15 is 0 Å². The second-order valence-corrected chi connectivity index (χ2v) is 9.79. The third-order valence-corrected chi connectivity index (χ3v) is 7.25. The molecule has 3 aromatic rings. The van der Waals surface area contributed by atoms with E-state index in [9.17, 15) is 27.6 Å². The van der Waals surface area contributed by atoms with Gasteiger partial charge in [0.15, 0.2) is 0 Å². The monoisotopic (exact) mass is 539 g/mol. The summed E-state index contributed by atoms with van der Waals surface area (Å²) in [7, 11) is 0. The van der Waals surface area contributed by atoms with E-state index in [1.54, 1.807) is 36.9 Å². The van der Waals surface area contributed by atoms with Gasteiger partial charge in [0.1, 0.15) is 0 Å². The Bertz CT molecular complexity index is 1500. The maximum Gasteiger partial charge on any atom is 0.416 e. The van der Waals surface area contributed by atoms with E-state index in [1.807, 2.05) is 0 Å². The molecule has 2 aliphatic heterocycles. The molecule has 39 heavy (non-hydrogen) atoms. The summed E-state index contributed by atoms with van der Waals surface area (Å²) < 4.78 is 40.3. The molecule has 2 aliphatic rings. The van der Waals surface area contributed by atoms with Gasteiger partial charge < -0.3 is 15.5 Å². The molecule has 1 aromatic heterocycles. The van der Waals surface area contributed by atoms with Crippen molar-refractivity contribution in [2.45, 2.75) is 58.4 Å². The van der Waals surface area contributed by atoms with Gasteiger partial charge in [-0.15, -0.1) is 0 Å². The molecule has 0 saturated heterocycles. The summed E-state index contributed by atoms with van der Waals surface area (Å²) in [5, 5.41) is 5.99. The smallest absolute Gasteiger partial charge is 0.349 e. The van der Waals surface area contributed by atoms with Gasteiger partial charge in [0, 0.05) is 37.2 Å². The fourth-order valence-corrected chi connectivity index (χ4v) is 5.03. The molecule has 8 nitrogen and oxygen atoms in total. The Morgan fingerprint density at radius 3 is 2.54 bits per heavy atom. The molecule has 204 valence electrons. The molecule has 5 rings (SSSR count). The highest BCUT2D eigenvalue weighted by Gasteiger charge is 2.31. The molecular weight excluding hydrogens is 511 g/mol. The molecule has 0 aliphatic carbocycles. The van der Waals surface area contributed by atoms with Crippen LogP contribution in [0.2, 0.25) is 0 Å². The van der Waals surface area contributed by atoms with Gasteiger partial charge in [-0.25, -0.2) is 4.98 Å². The molecule has 0 bridgehead atoms. The summed E-state index contributed by atoms with van der Waals surface area (Å²) in [6.45, 7) is 4.43. The molecule has 2 aromatic carbocycles. The van der Waals surface area contributed by atoms with Crippen LogP contribution in [0.1, 0.15) is 64.6 Å². The summed E-state index contributed by atoms with van der Waals surface area (Å²) in [4.78, 5) is 44.7. The number of halogens is 3. The van der Waals surface area contributed by atoms with Gasteiger partial charge in [0.05, 0.1) is 29.4 Å². The van der Waals surface area contributed by atoms with Crippen LogP contribution in [-0.4, -0.2) is 32.8 Å². The first kappa shape index (κ1) is 26.5. The zero-order valence-corrected chi connectivity index (χ0v) is 21.6. The summed E-state index contributed by atoms with van der Waals surface area (Å²) in [6.07, 6.45) is -3.08. The Hall–Kier alpha value is -4.15. The fraction of sp³-hybridized carbons (Fsp3) is 0.357. The molecule has 0 fully saturated rings. The second kappa shape index (κ2) is 10.2. The second-order valence-electron chi connectivity index (χ2n) is 9.79. The van der Waals surface area contributed by atoms with Crippen LogP contribution in [0, 0.1) is 0 Å². The molecule has 0 radical (unpaired) electrons. The summed E-state index contributed by atoms with van der Waals surface area (Å²) in [6, 6.07) is 9.70. The van der Waals surface area contributed by atoms with Crippen molar-refractivity contribution in [3.8, 4) is 0 Å². The van der Waals surface area contributed by atoms with Crippen LogP contribution in [0.5, 0.6) is 0 Å². The maximum atomic E-state index is 13.4. The average Bonchev–Trinajstić information content (AvgIpc) is 2.92. The lowest BCUT2D eigenvalue weighted by molar-refractivity contribution is -0.137. The lowest BCUT2D eigenvalue weighted by Gasteiger charge is -2.30. The number of carbonyl (C=O) groups excluding carboxylic acids is 2. The van der Waals surface area contributed by atoms with E-state index in [-0.39, 0.29) is 23.9 Å². The molecule has 2 N–H and O–H groups in total. The van der Waals surface area contributed by atoms with E-state index in [0.717, 1.165) is 17.7 Å². The number of fused-ring (bicyclic) bond motifs is 2. The van der Waals surface area contributed by atoms with Crippen molar-refractivity contribution in [3.05, 3.63) is 86.3 Å². The van der Waals surface area contributed by atoms with E-state index in [1.165, 1.54) is 16.7 Å². The number of hydrogen-bond donors (Lipinski definition) is 2. The number of hydrogen-bond acceptors (Lipinski definition) is 5. The lowest BCUT2D eigenvalue weighted by Crippen LogP contribution is -2.41. The van der Waals surface area contributed by atoms with Crippen LogP contribution in [0.15, 0.2) is 47.3 Å². The summed E-state index contributed by atoms with van der Waals surface area (Å²) in [5.74, 6) is 0.0996. The standard InChI is InChI=1S/C28H28F3N5O3/c1-3-36-26(39)21-15-35(25(38)19-6-10-22-18(14-19)7-11-24(37)33-22)13-12-23(21)34-27(36)32-16(2)17-4-8-20(9-5-17)28(29,30)31/h4-6,8-10,14,16H,3,7,11-13,15H2,1-2H3,(H,32,34)(H,33,37). The van der Waals surface area contributed by atoms with Crippen molar-refractivity contribution in [1.29, 1.82) is 0 Å². The molecule has 1 unspecified atom stereocenters. The third kappa shape index (κ3) is 5.25. The topological polar surface area (TPSA) is 96.3 Å². The first-order valence-electron chi connectivity index (χ1n) is 12.8. The number of aromatic nitrogens is 2. The SMILES string of the molecule is CCn1c(NC(C)c2ccc(C(F)(F)F)cc2)nc2c(c1=O)CN(C(=O)c1ccc3c(c1)CCC(=O)N3)CC2. The average molecular weight is 540 g/mol. The zero-order valence-electron chi connectivity index (χ0n) is 21.6. The minimum Gasteiger partial charge on any atom is -0.349 e. The normalized spacial score (nSPS) is 15.7. The van der Waals surface area contributed by atoms with Crippen LogP contribution in [-0.2, 0) is 36.9 Å². The fourth-order valence-electron chi connectivity index (χ4n) is 5.03. The number of nitrogens with zero attached hydrogens (tertiary/aromatic N) is 3. The quantitative estimate of drug-likeness (QED) is 0.497. The number of alkyl halides is 3. The van der Waals surface area contributed by atoms with Gasteiger partial charge in [0.2, 0.25) is 11.9 Å². The molecule has 0 saturated carbocycles. The molecular formula is C28H28F3N5O3. The Labute approximate surface area is 222 Å². The molecule has 3 heterocycles. The Morgan fingerprint density at radius 1 is 1.10 bits per heavy atom. The highest BCUT2D eigenvalue weighted by Crippen LogP contribution is 2.31. The van der Waals surface area contributed by atoms with E-state index in [2.05, 4.69) is 10.6 Å². The maximum absolute atomic E-state index is 13.4. The first-order valence-corrected chi connectivity index (χ1v) is 12.8. The zero-order chi connectivity index (χ0) is 27.9. The van der Waals surface area contributed by atoms with Crippen molar-refractivity contribution in [1.82, 2.24) is 14.5 Å². The van der Waals surface area contributed by atoms with Crippen LogP contribution in [0.3, 0.4) is 0 Å². The van der Waals surface area contributed by atoms with Crippen LogP contribution in [0.25, 0.3) is 0 Å².